The molecule has 1 aromatic heterocycles. The Balaban J connectivity index is 2.93. The number of methoxy groups -OCH3 is 4. The molecule has 0 saturated heterocycles. The van der Waals surface area contributed by atoms with Crippen LogP contribution in [0.25, 0.3) is 0 Å². The molecule has 0 aromatic carbocycles. The van der Waals surface area contributed by atoms with Gasteiger partial charge in [-0.2, -0.15) is 0 Å². The van der Waals surface area contributed by atoms with Crippen LogP contribution >= 0.6 is 0 Å². The van der Waals surface area contributed by atoms with E-state index in [1.807, 2.05) is 18.2 Å². The Morgan fingerprint density at radius 1 is 0.812 bits per heavy atom. The van der Waals surface area contributed by atoms with Crippen LogP contribution in [0, 0.1) is 0 Å². The van der Waals surface area contributed by atoms with Crippen molar-refractivity contribution in [2.75, 3.05) is 28.4 Å². The second-order valence-electron chi connectivity index (χ2n) is 3.09. The normalized spacial score (nSPS) is 11.4. The van der Waals surface area contributed by atoms with Crippen molar-refractivity contribution in [3.63, 3.8) is 0 Å². The number of ether oxygens (including phenoxy) is 4. The summed E-state index contributed by atoms with van der Waals surface area (Å²) in [6, 6.07) is 5.50. The van der Waals surface area contributed by atoms with Crippen LogP contribution in [0.5, 0.6) is 0 Å². The Morgan fingerprint density at radius 3 is 1.50 bits per heavy atom. The monoisotopic (exact) mass is 227 g/mol. The highest BCUT2D eigenvalue weighted by molar-refractivity contribution is 5.13. The van der Waals surface area contributed by atoms with Gasteiger partial charge in [0.05, 0.1) is 11.4 Å². The molecule has 0 aliphatic heterocycles. The first kappa shape index (κ1) is 13.1. The maximum atomic E-state index is 5.12. The van der Waals surface area contributed by atoms with Crippen LogP contribution in [0.2, 0.25) is 0 Å². The third-order valence-electron chi connectivity index (χ3n) is 2.13. The van der Waals surface area contributed by atoms with Crippen molar-refractivity contribution >= 4 is 0 Å². The number of nitrogens with zero attached hydrogens (tertiary/aromatic N) is 1. The molecule has 0 saturated carbocycles. The zero-order chi connectivity index (χ0) is 12.0. The fourth-order valence-corrected chi connectivity index (χ4v) is 1.41. The Kier molecular flexibility index (Phi) is 5.34. The predicted octanol–water partition coefficient (Wildman–Crippen LogP) is 1.66. The molecule has 0 unspecified atom stereocenters. The van der Waals surface area contributed by atoms with Crippen LogP contribution in [-0.4, -0.2) is 33.4 Å². The van der Waals surface area contributed by atoms with Crippen LogP contribution in [0.15, 0.2) is 18.2 Å². The highest BCUT2D eigenvalue weighted by Crippen LogP contribution is 2.19. The van der Waals surface area contributed by atoms with Gasteiger partial charge in [0.25, 0.3) is 0 Å². The molecule has 0 amide bonds. The van der Waals surface area contributed by atoms with Gasteiger partial charge in [-0.25, -0.2) is 4.98 Å². The molecule has 1 heterocycles. The molecule has 90 valence electrons. The minimum Gasteiger partial charge on any atom is -0.350 e. The topological polar surface area (TPSA) is 49.8 Å². The molecule has 1 rings (SSSR count). The molecule has 0 atom stereocenters. The second kappa shape index (κ2) is 6.55. The standard InChI is InChI=1S/C11H17NO4/c1-13-10(14-2)8-6-5-7-9(12-8)11(15-3)16-4/h5-7,10-11H,1-4H3. The van der Waals surface area contributed by atoms with Gasteiger partial charge in [0.1, 0.15) is 0 Å². The van der Waals surface area contributed by atoms with Crippen molar-refractivity contribution in [3.05, 3.63) is 29.6 Å². The number of aromatic nitrogens is 1. The summed E-state index contributed by atoms with van der Waals surface area (Å²) >= 11 is 0. The molecule has 0 aliphatic rings. The van der Waals surface area contributed by atoms with E-state index in [-0.39, 0.29) is 0 Å². The van der Waals surface area contributed by atoms with Gasteiger partial charge >= 0.3 is 0 Å². The van der Waals surface area contributed by atoms with Crippen molar-refractivity contribution in [1.82, 2.24) is 4.98 Å². The molecule has 0 bridgehead atoms. The minimum absolute atomic E-state index is 0.477. The molecule has 0 fully saturated rings. The van der Waals surface area contributed by atoms with Crippen LogP contribution in [0.1, 0.15) is 24.0 Å². The summed E-state index contributed by atoms with van der Waals surface area (Å²) in [5.74, 6) is 0. The lowest BCUT2D eigenvalue weighted by Gasteiger charge is -2.16. The Bertz CT molecular complexity index is 283. The van der Waals surface area contributed by atoms with Crippen molar-refractivity contribution < 1.29 is 18.9 Å². The molecule has 5 nitrogen and oxygen atoms in total. The summed E-state index contributed by atoms with van der Waals surface area (Å²) in [6.07, 6.45) is -0.955. The number of rotatable bonds is 6. The van der Waals surface area contributed by atoms with E-state index in [2.05, 4.69) is 4.98 Å². The largest absolute Gasteiger partial charge is 0.350 e. The van der Waals surface area contributed by atoms with Crippen LogP contribution < -0.4 is 0 Å². The van der Waals surface area contributed by atoms with E-state index < -0.39 is 12.6 Å². The zero-order valence-electron chi connectivity index (χ0n) is 9.97. The maximum absolute atomic E-state index is 5.12. The van der Waals surface area contributed by atoms with Crippen molar-refractivity contribution in [3.8, 4) is 0 Å². The van der Waals surface area contributed by atoms with Gasteiger partial charge in [-0.1, -0.05) is 6.07 Å². The van der Waals surface area contributed by atoms with Gasteiger partial charge in [-0.15, -0.1) is 0 Å². The fraction of sp³-hybridized carbons (Fsp3) is 0.545. The Morgan fingerprint density at radius 2 is 1.19 bits per heavy atom. The highest BCUT2D eigenvalue weighted by Gasteiger charge is 2.15. The molecule has 0 N–H and O–H groups in total. The number of hydrogen-bond acceptors (Lipinski definition) is 5. The van der Waals surface area contributed by atoms with Crippen LogP contribution in [0.3, 0.4) is 0 Å². The van der Waals surface area contributed by atoms with E-state index >= 15 is 0 Å². The van der Waals surface area contributed by atoms with E-state index in [9.17, 15) is 0 Å². The molecular weight excluding hydrogens is 210 g/mol. The third-order valence-corrected chi connectivity index (χ3v) is 2.13. The van der Waals surface area contributed by atoms with Gasteiger partial charge < -0.3 is 18.9 Å². The second-order valence-corrected chi connectivity index (χ2v) is 3.09. The number of hydrogen-bond donors (Lipinski definition) is 0. The molecule has 16 heavy (non-hydrogen) atoms. The summed E-state index contributed by atoms with van der Waals surface area (Å²) < 4.78 is 20.5. The summed E-state index contributed by atoms with van der Waals surface area (Å²) in [4.78, 5) is 4.36. The van der Waals surface area contributed by atoms with Gasteiger partial charge in [-0.3, -0.25) is 0 Å². The summed E-state index contributed by atoms with van der Waals surface area (Å²) in [5.41, 5.74) is 1.36. The highest BCUT2D eigenvalue weighted by atomic mass is 16.7. The van der Waals surface area contributed by atoms with Gasteiger partial charge in [0.15, 0.2) is 0 Å². The smallest absolute Gasteiger partial charge is 0.200 e. The van der Waals surface area contributed by atoms with E-state index in [1.165, 1.54) is 0 Å². The van der Waals surface area contributed by atoms with E-state index in [1.54, 1.807) is 28.4 Å². The third kappa shape index (κ3) is 2.99. The lowest BCUT2D eigenvalue weighted by atomic mass is 10.3. The molecule has 0 spiro atoms. The summed E-state index contributed by atoms with van der Waals surface area (Å²) in [7, 11) is 6.25. The first-order valence-electron chi connectivity index (χ1n) is 4.84. The average molecular weight is 227 g/mol. The average Bonchev–Trinajstić information content (AvgIpc) is 2.33. The molecular formula is C11H17NO4. The van der Waals surface area contributed by atoms with E-state index in [0.717, 1.165) is 0 Å². The molecule has 1 aromatic rings. The number of pyridine rings is 1. The predicted molar refractivity (Wildman–Crippen MR) is 57.8 cm³/mol. The summed E-state index contributed by atoms with van der Waals surface area (Å²) in [6.45, 7) is 0. The molecule has 0 radical (unpaired) electrons. The van der Waals surface area contributed by atoms with Crippen LogP contribution in [0.4, 0.5) is 0 Å². The maximum Gasteiger partial charge on any atom is 0.200 e. The fourth-order valence-electron chi connectivity index (χ4n) is 1.41. The minimum atomic E-state index is -0.477. The van der Waals surface area contributed by atoms with Crippen LogP contribution in [-0.2, 0) is 18.9 Å². The lowest BCUT2D eigenvalue weighted by molar-refractivity contribution is -0.115. The van der Waals surface area contributed by atoms with Crippen molar-refractivity contribution in [2.24, 2.45) is 0 Å². The quantitative estimate of drug-likeness (QED) is 0.692. The lowest BCUT2D eigenvalue weighted by Crippen LogP contribution is -2.11. The SMILES string of the molecule is COC(OC)c1cccc(C(OC)OC)n1. The summed E-state index contributed by atoms with van der Waals surface area (Å²) in [5, 5.41) is 0. The first-order chi connectivity index (χ1) is 7.76. The van der Waals surface area contributed by atoms with Gasteiger partial charge in [0.2, 0.25) is 12.6 Å². The zero-order valence-corrected chi connectivity index (χ0v) is 9.97. The van der Waals surface area contributed by atoms with Gasteiger partial charge in [0, 0.05) is 28.4 Å². The van der Waals surface area contributed by atoms with Gasteiger partial charge in [-0.05, 0) is 12.1 Å². The van der Waals surface area contributed by atoms with E-state index in [4.69, 9.17) is 18.9 Å². The Labute approximate surface area is 95.3 Å². The Hall–Kier alpha value is -1.01. The first-order valence-corrected chi connectivity index (χ1v) is 4.84. The van der Waals surface area contributed by atoms with Crippen molar-refractivity contribution in [1.29, 1.82) is 0 Å². The molecule has 5 heteroatoms. The van der Waals surface area contributed by atoms with E-state index in [0.29, 0.717) is 11.4 Å². The van der Waals surface area contributed by atoms with Crippen molar-refractivity contribution in [2.45, 2.75) is 12.6 Å². The molecule has 0 aliphatic carbocycles.